The molecule has 0 amide bonds. The summed E-state index contributed by atoms with van der Waals surface area (Å²) < 4.78 is 18.9. The van der Waals surface area contributed by atoms with E-state index in [-0.39, 0.29) is 24.8 Å². The third-order valence-corrected chi connectivity index (χ3v) is 4.61. The van der Waals surface area contributed by atoms with E-state index in [0.29, 0.717) is 49.8 Å². The number of aromatic nitrogens is 4. The van der Waals surface area contributed by atoms with E-state index >= 15 is 0 Å². The Balaban J connectivity index is 0.00000176. The largest absolute Gasteiger partial charge is 0.471 e. The highest BCUT2D eigenvalue weighted by molar-refractivity contribution is 5.77. The second-order valence-electron chi connectivity index (χ2n) is 6.85. The van der Waals surface area contributed by atoms with Gasteiger partial charge in [0.25, 0.3) is 0 Å². The molecule has 3 rings (SSSR count). The minimum absolute atomic E-state index is 0.0196. The number of nitrogens with zero attached hydrogens (tertiary/aromatic N) is 4. The molecule has 0 bridgehead atoms. The van der Waals surface area contributed by atoms with Crippen molar-refractivity contribution in [2.24, 2.45) is 5.92 Å². The molecule has 0 aliphatic rings. The number of anilines is 1. The maximum atomic E-state index is 9.87. The SMILES string of the molecule is C=C.CCOC(C[C@@H](CO)Cn1cnc2c(OCc3ccccc3)nc(N)nc21)OCC. The highest BCUT2D eigenvalue weighted by atomic mass is 16.7. The molecule has 0 aliphatic carbocycles. The standard InChI is InChI=1S/C21H29N5O4.C2H4/c1-3-28-17(29-4-2)10-16(12-27)11-26-14-23-18-19(26)24-21(22)25-20(18)30-13-15-8-6-5-7-9-15;1-2/h5-9,14,16-17,27H,3-4,10-13H2,1-2H3,(H2,22,24,25);1-2H2/t16-;/m1./s1. The monoisotopic (exact) mass is 443 g/mol. The molecule has 0 spiro atoms. The molecular weight excluding hydrogens is 410 g/mol. The van der Waals surface area contributed by atoms with E-state index in [1.165, 1.54) is 0 Å². The van der Waals surface area contributed by atoms with Gasteiger partial charge in [-0.05, 0) is 19.4 Å². The maximum Gasteiger partial charge on any atom is 0.247 e. The molecule has 3 N–H and O–H groups in total. The quantitative estimate of drug-likeness (QED) is 0.324. The van der Waals surface area contributed by atoms with Crippen molar-refractivity contribution < 1.29 is 19.3 Å². The fourth-order valence-electron chi connectivity index (χ4n) is 3.21. The van der Waals surface area contributed by atoms with E-state index < -0.39 is 0 Å². The van der Waals surface area contributed by atoms with Gasteiger partial charge in [0.15, 0.2) is 17.5 Å². The lowest BCUT2D eigenvalue weighted by Gasteiger charge is -2.22. The van der Waals surface area contributed by atoms with Gasteiger partial charge >= 0.3 is 0 Å². The summed E-state index contributed by atoms with van der Waals surface area (Å²) in [6, 6.07) is 9.79. The van der Waals surface area contributed by atoms with Crippen LogP contribution in [0, 0.1) is 5.92 Å². The smallest absolute Gasteiger partial charge is 0.247 e. The second kappa shape index (κ2) is 13.4. The van der Waals surface area contributed by atoms with Crippen LogP contribution in [-0.4, -0.2) is 50.7 Å². The van der Waals surface area contributed by atoms with Crippen LogP contribution in [0.5, 0.6) is 5.88 Å². The van der Waals surface area contributed by atoms with Gasteiger partial charge in [0, 0.05) is 38.7 Å². The van der Waals surface area contributed by atoms with Crippen LogP contribution in [0.1, 0.15) is 25.8 Å². The van der Waals surface area contributed by atoms with E-state index in [0.717, 1.165) is 5.56 Å². The van der Waals surface area contributed by atoms with Crippen molar-refractivity contribution in [2.75, 3.05) is 25.6 Å². The first-order valence-corrected chi connectivity index (χ1v) is 10.6. The molecule has 0 saturated heterocycles. The summed E-state index contributed by atoms with van der Waals surface area (Å²) in [5.74, 6) is 0.340. The van der Waals surface area contributed by atoms with Gasteiger partial charge in [0.05, 0.1) is 6.33 Å². The maximum absolute atomic E-state index is 9.87. The van der Waals surface area contributed by atoms with Gasteiger partial charge in [0.2, 0.25) is 11.8 Å². The molecule has 1 aromatic carbocycles. The zero-order valence-electron chi connectivity index (χ0n) is 18.8. The van der Waals surface area contributed by atoms with Gasteiger partial charge in [-0.3, -0.25) is 0 Å². The first kappa shape index (κ1) is 25.3. The first-order chi connectivity index (χ1) is 15.6. The van der Waals surface area contributed by atoms with Crippen LogP contribution in [0.25, 0.3) is 11.2 Å². The Hall–Kier alpha value is -3.01. The fraction of sp³-hybridized carbons (Fsp3) is 0.435. The topological polar surface area (TPSA) is 118 Å². The summed E-state index contributed by atoms with van der Waals surface area (Å²) in [5, 5.41) is 9.87. The summed E-state index contributed by atoms with van der Waals surface area (Å²) in [5.41, 5.74) is 8.02. The van der Waals surface area contributed by atoms with E-state index in [4.69, 9.17) is 19.9 Å². The Kier molecular flexibility index (Phi) is 10.6. The molecule has 1 atom stereocenters. The van der Waals surface area contributed by atoms with Crippen molar-refractivity contribution in [3.8, 4) is 5.88 Å². The third-order valence-electron chi connectivity index (χ3n) is 4.61. The van der Waals surface area contributed by atoms with Gasteiger partial charge in [-0.15, -0.1) is 13.2 Å². The lowest BCUT2D eigenvalue weighted by Crippen LogP contribution is -2.25. The Morgan fingerprint density at radius 3 is 2.41 bits per heavy atom. The zero-order valence-corrected chi connectivity index (χ0v) is 18.8. The summed E-state index contributed by atoms with van der Waals surface area (Å²) in [6.45, 7) is 11.7. The summed E-state index contributed by atoms with van der Waals surface area (Å²) in [6.07, 6.45) is 1.85. The molecule has 2 aromatic heterocycles. The van der Waals surface area contributed by atoms with Gasteiger partial charge in [0.1, 0.15) is 6.61 Å². The number of nitrogen functional groups attached to an aromatic ring is 1. The van der Waals surface area contributed by atoms with E-state index in [9.17, 15) is 5.11 Å². The molecule has 0 radical (unpaired) electrons. The lowest BCUT2D eigenvalue weighted by atomic mass is 10.1. The van der Waals surface area contributed by atoms with Crippen LogP contribution in [-0.2, 0) is 22.6 Å². The second-order valence-corrected chi connectivity index (χ2v) is 6.85. The molecule has 0 saturated carbocycles. The van der Waals surface area contributed by atoms with Crippen LogP contribution in [0.3, 0.4) is 0 Å². The fourth-order valence-corrected chi connectivity index (χ4v) is 3.21. The summed E-state index contributed by atoms with van der Waals surface area (Å²) >= 11 is 0. The molecule has 32 heavy (non-hydrogen) atoms. The molecule has 0 unspecified atom stereocenters. The lowest BCUT2D eigenvalue weighted by molar-refractivity contribution is -0.148. The summed E-state index contributed by atoms with van der Waals surface area (Å²) in [4.78, 5) is 13.0. The van der Waals surface area contributed by atoms with Crippen LogP contribution in [0.2, 0.25) is 0 Å². The number of hydrogen-bond acceptors (Lipinski definition) is 8. The number of nitrogens with two attached hydrogens (primary N) is 1. The predicted molar refractivity (Wildman–Crippen MR) is 124 cm³/mol. The average molecular weight is 444 g/mol. The number of benzene rings is 1. The first-order valence-electron chi connectivity index (χ1n) is 10.6. The summed E-state index contributed by atoms with van der Waals surface area (Å²) in [7, 11) is 0. The van der Waals surface area contributed by atoms with Crippen LogP contribution < -0.4 is 10.5 Å². The molecule has 2 heterocycles. The van der Waals surface area contributed by atoms with Gasteiger partial charge in [-0.1, -0.05) is 30.3 Å². The Bertz CT molecular complexity index is 929. The van der Waals surface area contributed by atoms with Gasteiger partial charge in [-0.25, -0.2) is 4.98 Å². The third kappa shape index (κ3) is 7.01. The van der Waals surface area contributed by atoms with E-state index in [2.05, 4.69) is 28.1 Å². The van der Waals surface area contributed by atoms with E-state index in [1.54, 1.807) is 6.33 Å². The van der Waals surface area contributed by atoms with Crippen LogP contribution in [0.15, 0.2) is 49.8 Å². The Morgan fingerprint density at radius 2 is 1.78 bits per heavy atom. The number of fused-ring (bicyclic) bond motifs is 1. The highest BCUT2D eigenvalue weighted by Crippen LogP contribution is 2.24. The molecule has 0 aliphatic heterocycles. The van der Waals surface area contributed by atoms with Gasteiger partial charge in [-0.2, -0.15) is 9.97 Å². The number of rotatable bonds is 12. The minimum atomic E-state index is -0.364. The molecule has 9 nitrogen and oxygen atoms in total. The minimum Gasteiger partial charge on any atom is -0.471 e. The van der Waals surface area contributed by atoms with Crippen molar-refractivity contribution in [1.82, 2.24) is 19.5 Å². The zero-order chi connectivity index (χ0) is 23.3. The number of ether oxygens (including phenoxy) is 3. The van der Waals surface area contributed by atoms with Crippen molar-refractivity contribution in [3.63, 3.8) is 0 Å². The van der Waals surface area contributed by atoms with Gasteiger partial charge < -0.3 is 29.6 Å². The number of aliphatic hydroxyl groups excluding tert-OH is 1. The average Bonchev–Trinajstić information content (AvgIpc) is 3.21. The van der Waals surface area contributed by atoms with Crippen molar-refractivity contribution in [2.45, 2.75) is 39.7 Å². The van der Waals surface area contributed by atoms with E-state index in [1.807, 2.05) is 48.7 Å². The molecule has 0 fully saturated rings. The van der Waals surface area contributed by atoms with Crippen LogP contribution >= 0.6 is 0 Å². The predicted octanol–water partition coefficient (Wildman–Crippen LogP) is 3.19. The number of aliphatic hydroxyl groups is 1. The van der Waals surface area contributed by atoms with Crippen molar-refractivity contribution in [1.29, 1.82) is 0 Å². The normalized spacial score (nSPS) is 11.9. The molecular formula is C23H33N5O4. The Morgan fingerprint density at radius 1 is 1.09 bits per heavy atom. The number of hydrogen-bond donors (Lipinski definition) is 2. The molecule has 174 valence electrons. The van der Waals surface area contributed by atoms with Crippen molar-refractivity contribution in [3.05, 3.63) is 55.4 Å². The van der Waals surface area contributed by atoms with Crippen LogP contribution in [0.4, 0.5) is 5.95 Å². The number of imidazole rings is 1. The highest BCUT2D eigenvalue weighted by Gasteiger charge is 2.20. The van der Waals surface area contributed by atoms with Crippen molar-refractivity contribution >= 4 is 17.1 Å². The molecule has 9 heteroatoms. The molecule has 3 aromatic rings. The Labute approximate surface area is 188 Å².